The summed E-state index contributed by atoms with van der Waals surface area (Å²) in [6.45, 7) is 3.56. The number of nitrogens with one attached hydrogen (secondary N) is 2. The van der Waals surface area contributed by atoms with E-state index in [0.717, 1.165) is 40.4 Å². The highest BCUT2D eigenvalue weighted by molar-refractivity contribution is 6.02. The Morgan fingerprint density at radius 1 is 1.28 bits per heavy atom. The van der Waals surface area contributed by atoms with Gasteiger partial charge >= 0.3 is 0 Å². The lowest BCUT2D eigenvalue weighted by atomic mass is 9.82. The molecule has 0 atom stereocenters. The molecule has 0 unspecified atom stereocenters. The fourth-order valence-electron chi connectivity index (χ4n) is 4.10. The molecule has 3 heterocycles. The average Bonchev–Trinajstić information content (AvgIpc) is 3.11. The molecule has 1 fully saturated rings. The van der Waals surface area contributed by atoms with Crippen LogP contribution in [0.4, 0.5) is 17.3 Å². The van der Waals surface area contributed by atoms with E-state index in [1.165, 1.54) is 19.3 Å². The summed E-state index contributed by atoms with van der Waals surface area (Å²) in [6, 6.07) is 7.74. The van der Waals surface area contributed by atoms with Crippen molar-refractivity contribution in [2.24, 2.45) is 5.92 Å². The molecule has 1 aromatic carbocycles. The Morgan fingerprint density at radius 3 is 2.86 bits per heavy atom. The van der Waals surface area contributed by atoms with Gasteiger partial charge in [0.15, 0.2) is 5.60 Å². The van der Waals surface area contributed by atoms with Crippen LogP contribution in [0.3, 0.4) is 0 Å². The van der Waals surface area contributed by atoms with Gasteiger partial charge in [0.2, 0.25) is 5.95 Å². The first kappa shape index (κ1) is 18.0. The Kier molecular flexibility index (Phi) is 4.01. The van der Waals surface area contributed by atoms with Crippen LogP contribution in [0, 0.1) is 5.92 Å². The van der Waals surface area contributed by atoms with Crippen LogP contribution in [0.25, 0.3) is 11.0 Å². The molecule has 1 saturated carbocycles. The third-order valence-electron chi connectivity index (χ3n) is 5.96. The number of H-pyrrole nitrogens is 1. The largest absolute Gasteiger partial charge is 0.476 e. The van der Waals surface area contributed by atoms with Crippen LogP contribution < -0.4 is 15.0 Å². The number of likely N-dealkylation sites (N-methyl/N-ethyl adjacent to an activating group) is 1. The highest BCUT2D eigenvalue weighted by Crippen LogP contribution is 2.39. The normalized spacial score (nSPS) is 18.3. The summed E-state index contributed by atoms with van der Waals surface area (Å²) >= 11 is 0. The predicted molar refractivity (Wildman–Crippen MR) is 113 cm³/mol. The number of ether oxygens (including phenoxy) is 1. The first-order valence-corrected chi connectivity index (χ1v) is 10.1. The average molecular weight is 391 g/mol. The van der Waals surface area contributed by atoms with Crippen LogP contribution in [-0.4, -0.2) is 33.5 Å². The molecule has 7 nitrogen and oxygen atoms in total. The minimum atomic E-state index is -0.893. The summed E-state index contributed by atoms with van der Waals surface area (Å²) in [4.78, 5) is 26.7. The Balaban J connectivity index is 1.46. The molecule has 1 amide bonds. The number of carbonyl (C=O) groups excluding carboxylic acids is 1. The van der Waals surface area contributed by atoms with Gasteiger partial charge in [0, 0.05) is 30.4 Å². The Hall–Kier alpha value is -3.09. The van der Waals surface area contributed by atoms with Gasteiger partial charge in [0.1, 0.15) is 11.4 Å². The molecular formula is C22H25N5O2. The van der Waals surface area contributed by atoms with Crippen LogP contribution in [0.15, 0.2) is 30.5 Å². The number of aromatic nitrogens is 3. The maximum absolute atomic E-state index is 12.4. The van der Waals surface area contributed by atoms with Gasteiger partial charge < -0.3 is 19.9 Å². The lowest BCUT2D eigenvalue weighted by Gasteiger charge is -2.37. The van der Waals surface area contributed by atoms with Crippen LogP contribution in [0.2, 0.25) is 0 Å². The van der Waals surface area contributed by atoms with E-state index in [2.05, 4.69) is 21.4 Å². The number of carbonyl (C=O) groups is 1. The maximum atomic E-state index is 12.4. The summed E-state index contributed by atoms with van der Waals surface area (Å²) in [6.07, 6.45) is 6.78. The van der Waals surface area contributed by atoms with Gasteiger partial charge in [-0.25, -0.2) is 4.98 Å². The monoisotopic (exact) mass is 391 g/mol. The lowest BCUT2D eigenvalue weighted by molar-refractivity contribution is -0.132. The second kappa shape index (κ2) is 6.47. The Bertz CT molecular complexity index is 1100. The highest BCUT2D eigenvalue weighted by Gasteiger charge is 2.39. The molecule has 2 aliphatic rings. The number of anilines is 3. The maximum Gasteiger partial charge on any atom is 0.270 e. The molecule has 29 heavy (non-hydrogen) atoms. The molecule has 7 heteroatoms. The zero-order valence-electron chi connectivity index (χ0n) is 17.0. The standard InChI is InChI=1S/C22H25N5O2/c1-22(2)20(28)27(3)17-8-7-14(12-18(17)29-22)24-21-25-16(11-13-5-4-6-13)15-9-10-23-19(15)26-21/h7-10,12-13H,4-6,11H2,1-3H3,(H2,23,24,25,26). The molecule has 2 aromatic heterocycles. The van der Waals surface area contributed by atoms with Crippen molar-refractivity contribution in [1.29, 1.82) is 0 Å². The number of fused-ring (bicyclic) bond motifs is 2. The number of amides is 1. The molecule has 3 aromatic rings. The van der Waals surface area contributed by atoms with Crippen molar-refractivity contribution in [3.05, 3.63) is 36.2 Å². The molecule has 0 bridgehead atoms. The van der Waals surface area contributed by atoms with E-state index >= 15 is 0 Å². The van der Waals surface area contributed by atoms with E-state index in [-0.39, 0.29) is 5.91 Å². The molecule has 1 aliphatic heterocycles. The fourth-order valence-corrected chi connectivity index (χ4v) is 4.10. The number of hydrogen-bond acceptors (Lipinski definition) is 5. The van der Waals surface area contributed by atoms with Gasteiger partial charge in [0.25, 0.3) is 5.91 Å². The van der Waals surface area contributed by atoms with Crippen molar-refractivity contribution in [2.45, 2.75) is 45.1 Å². The molecule has 2 N–H and O–H groups in total. The number of aromatic amines is 1. The summed E-state index contributed by atoms with van der Waals surface area (Å²) in [5.41, 5.74) is 2.62. The van der Waals surface area contributed by atoms with Crippen molar-refractivity contribution in [3.63, 3.8) is 0 Å². The van der Waals surface area contributed by atoms with E-state index < -0.39 is 5.60 Å². The van der Waals surface area contributed by atoms with Crippen LogP contribution in [-0.2, 0) is 11.2 Å². The first-order chi connectivity index (χ1) is 13.9. The Morgan fingerprint density at radius 2 is 2.10 bits per heavy atom. The minimum absolute atomic E-state index is 0.0631. The van der Waals surface area contributed by atoms with Crippen LogP contribution >= 0.6 is 0 Å². The van der Waals surface area contributed by atoms with E-state index in [9.17, 15) is 4.79 Å². The van der Waals surface area contributed by atoms with Gasteiger partial charge in [-0.3, -0.25) is 4.79 Å². The SMILES string of the molecule is CN1C(=O)C(C)(C)Oc2cc(Nc3nc(CC4CCC4)c4cc[nH]c4n3)ccc21. The molecule has 150 valence electrons. The van der Waals surface area contributed by atoms with Crippen molar-refractivity contribution >= 4 is 34.3 Å². The summed E-state index contributed by atoms with van der Waals surface area (Å²) < 4.78 is 5.96. The van der Waals surface area contributed by atoms with Crippen molar-refractivity contribution < 1.29 is 9.53 Å². The number of hydrogen-bond donors (Lipinski definition) is 2. The third kappa shape index (κ3) is 3.10. The predicted octanol–water partition coefficient (Wildman–Crippen LogP) is 4.18. The van der Waals surface area contributed by atoms with Gasteiger partial charge in [-0.1, -0.05) is 19.3 Å². The Labute approximate surface area is 169 Å². The van der Waals surface area contributed by atoms with Crippen molar-refractivity contribution in [2.75, 3.05) is 17.3 Å². The molecular weight excluding hydrogens is 366 g/mol. The van der Waals surface area contributed by atoms with Crippen molar-refractivity contribution in [1.82, 2.24) is 15.0 Å². The summed E-state index contributed by atoms with van der Waals surface area (Å²) in [5.74, 6) is 1.89. The zero-order valence-corrected chi connectivity index (χ0v) is 17.0. The fraction of sp³-hybridized carbons (Fsp3) is 0.409. The van der Waals surface area contributed by atoms with Gasteiger partial charge in [0.05, 0.1) is 11.4 Å². The van der Waals surface area contributed by atoms with E-state index in [4.69, 9.17) is 9.72 Å². The number of benzene rings is 1. The summed E-state index contributed by atoms with van der Waals surface area (Å²) in [5, 5.41) is 4.41. The van der Waals surface area contributed by atoms with Gasteiger partial charge in [-0.15, -0.1) is 0 Å². The number of nitrogens with zero attached hydrogens (tertiary/aromatic N) is 3. The second-order valence-corrected chi connectivity index (χ2v) is 8.52. The second-order valence-electron chi connectivity index (χ2n) is 8.52. The van der Waals surface area contributed by atoms with Crippen molar-refractivity contribution in [3.8, 4) is 5.75 Å². The molecule has 5 rings (SSSR count). The molecule has 0 saturated heterocycles. The van der Waals surface area contributed by atoms with E-state index in [1.54, 1.807) is 25.8 Å². The quantitative estimate of drug-likeness (QED) is 0.697. The summed E-state index contributed by atoms with van der Waals surface area (Å²) in [7, 11) is 1.77. The topological polar surface area (TPSA) is 83.1 Å². The lowest BCUT2D eigenvalue weighted by Crippen LogP contribution is -2.50. The van der Waals surface area contributed by atoms with Gasteiger partial charge in [-0.2, -0.15) is 4.98 Å². The van der Waals surface area contributed by atoms with Gasteiger partial charge in [-0.05, 0) is 44.4 Å². The number of rotatable bonds is 4. The minimum Gasteiger partial charge on any atom is -0.476 e. The van der Waals surface area contributed by atoms with E-state index in [0.29, 0.717) is 11.7 Å². The van der Waals surface area contributed by atoms with Crippen LogP contribution in [0.1, 0.15) is 38.8 Å². The zero-order chi connectivity index (χ0) is 20.2. The smallest absolute Gasteiger partial charge is 0.270 e. The van der Waals surface area contributed by atoms with Crippen LogP contribution in [0.5, 0.6) is 5.75 Å². The first-order valence-electron chi connectivity index (χ1n) is 10.1. The molecule has 1 aliphatic carbocycles. The van der Waals surface area contributed by atoms with E-state index in [1.807, 2.05) is 24.4 Å². The molecule has 0 radical (unpaired) electrons. The highest BCUT2D eigenvalue weighted by atomic mass is 16.5. The molecule has 0 spiro atoms. The third-order valence-corrected chi connectivity index (χ3v) is 5.96.